The summed E-state index contributed by atoms with van der Waals surface area (Å²) in [4.78, 5) is 10.8. The zero-order valence-corrected chi connectivity index (χ0v) is 12.4. The second-order valence-electron chi connectivity index (χ2n) is 6.60. The van der Waals surface area contributed by atoms with Crippen LogP contribution >= 0.6 is 0 Å². The van der Waals surface area contributed by atoms with Crippen LogP contribution in [0.4, 0.5) is 11.4 Å². The van der Waals surface area contributed by atoms with Gasteiger partial charge in [0.05, 0.1) is 4.92 Å². The predicted octanol–water partition coefficient (Wildman–Crippen LogP) is 4.40. The van der Waals surface area contributed by atoms with Gasteiger partial charge in [-0.1, -0.05) is 24.3 Å². The van der Waals surface area contributed by atoms with Gasteiger partial charge in [-0.15, -0.1) is 0 Å². The summed E-state index contributed by atoms with van der Waals surface area (Å²) in [6.45, 7) is 0. The second-order valence-corrected chi connectivity index (χ2v) is 6.60. The minimum Gasteiger partial charge on any atom is -0.381 e. The Labute approximate surface area is 130 Å². The molecule has 0 amide bonds. The molecule has 4 atom stereocenters. The topological polar surface area (TPSA) is 55.2 Å². The van der Waals surface area contributed by atoms with Crippen LogP contribution in [0.25, 0.3) is 0 Å². The smallest absolute Gasteiger partial charge is 0.269 e. The highest BCUT2D eigenvalue weighted by atomic mass is 16.6. The summed E-state index contributed by atoms with van der Waals surface area (Å²) in [5.74, 6) is 1.53. The van der Waals surface area contributed by atoms with Crippen LogP contribution in [0.2, 0.25) is 0 Å². The normalized spacial score (nSPS) is 32.2. The van der Waals surface area contributed by atoms with E-state index in [1.807, 2.05) is 6.07 Å². The van der Waals surface area contributed by atoms with Crippen molar-refractivity contribution in [2.75, 3.05) is 5.32 Å². The minimum atomic E-state index is -0.300. The Bertz CT molecular complexity index is 665. The van der Waals surface area contributed by atoms with Crippen molar-refractivity contribution < 1.29 is 4.92 Å². The standard InChI is InChI=1S/C18H20N2O2/c21-20(22)13-9-10-17-16(11-13)14-7-4-8-15(14)18(19-17)12-5-2-1-3-6-12/h1-2,4,7,9-12,14-15,18-19H,3,5-6,8H2/t12-,14+,15-,18+/m0/s1. The highest BCUT2D eigenvalue weighted by molar-refractivity contribution is 5.62. The van der Waals surface area contributed by atoms with E-state index in [1.54, 1.807) is 12.1 Å². The fourth-order valence-corrected chi connectivity index (χ4v) is 4.34. The Balaban J connectivity index is 1.70. The lowest BCUT2D eigenvalue weighted by atomic mass is 9.72. The third-order valence-corrected chi connectivity index (χ3v) is 5.42. The number of hydrogen-bond acceptors (Lipinski definition) is 3. The number of rotatable bonds is 2. The summed E-state index contributed by atoms with van der Waals surface area (Å²) in [5.41, 5.74) is 2.37. The van der Waals surface area contributed by atoms with E-state index in [4.69, 9.17) is 0 Å². The van der Waals surface area contributed by atoms with Gasteiger partial charge in [-0.25, -0.2) is 0 Å². The number of hydrogen-bond donors (Lipinski definition) is 1. The SMILES string of the molecule is O=[N+]([O-])c1ccc2c(c1)[C@@H]1C=CC[C@@H]1[C@@H]([C@H]1CC=CCC1)N2. The van der Waals surface area contributed by atoms with Gasteiger partial charge in [0.25, 0.3) is 5.69 Å². The van der Waals surface area contributed by atoms with Crippen molar-refractivity contribution in [1.29, 1.82) is 0 Å². The predicted molar refractivity (Wildman–Crippen MR) is 87.0 cm³/mol. The van der Waals surface area contributed by atoms with E-state index in [2.05, 4.69) is 29.6 Å². The molecular formula is C18H20N2O2. The number of nitrogens with one attached hydrogen (secondary N) is 1. The molecule has 22 heavy (non-hydrogen) atoms. The maximum atomic E-state index is 11.1. The minimum absolute atomic E-state index is 0.193. The first-order chi connectivity index (χ1) is 10.7. The number of nitrogens with zero attached hydrogens (tertiary/aromatic N) is 1. The molecule has 0 saturated heterocycles. The largest absolute Gasteiger partial charge is 0.381 e. The zero-order chi connectivity index (χ0) is 15.1. The first-order valence-electron chi connectivity index (χ1n) is 8.10. The van der Waals surface area contributed by atoms with Crippen LogP contribution in [0.1, 0.15) is 37.2 Å². The molecule has 0 aromatic heterocycles. The molecule has 0 bridgehead atoms. The van der Waals surface area contributed by atoms with Gasteiger partial charge in [0.1, 0.15) is 0 Å². The van der Waals surface area contributed by atoms with Gasteiger partial charge in [-0.2, -0.15) is 0 Å². The van der Waals surface area contributed by atoms with Gasteiger partial charge < -0.3 is 5.32 Å². The highest BCUT2D eigenvalue weighted by Crippen LogP contribution is 2.48. The van der Waals surface area contributed by atoms with Gasteiger partial charge in [-0.05, 0) is 49.1 Å². The Morgan fingerprint density at radius 1 is 1.18 bits per heavy atom. The van der Waals surface area contributed by atoms with Crippen LogP contribution in [0, 0.1) is 22.0 Å². The van der Waals surface area contributed by atoms with Crippen molar-refractivity contribution in [3.05, 3.63) is 58.2 Å². The van der Waals surface area contributed by atoms with E-state index in [0.29, 0.717) is 23.8 Å². The Morgan fingerprint density at radius 2 is 2.09 bits per heavy atom. The lowest BCUT2D eigenvalue weighted by Crippen LogP contribution is -2.41. The van der Waals surface area contributed by atoms with E-state index >= 15 is 0 Å². The lowest BCUT2D eigenvalue weighted by molar-refractivity contribution is -0.384. The molecular weight excluding hydrogens is 276 g/mol. The summed E-state index contributed by atoms with van der Waals surface area (Å²) in [6.07, 6.45) is 13.7. The van der Waals surface area contributed by atoms with Crippen LogP contribution in [0.15, 0.2) is 42.5 Å². The molecule has 0 fully saturated rings. The van der Waals surface area contributed by atoms with Crippen LogP contribution in [-0.2, 0) is 0 Å². The first-order valence-corrected chi connectivity index (χ1v) is 8.10. The van der Waals surface area contributed by atoms with Crippen molar-refractivity contribution in [1.82, 2.24) is 0 Å². The number of nitro benzene ring substituents is 1. The molecule has 1 N–H and O–H groups in total. The molecule has 1 aliphatic heterocycles. The summed E-state index contributed by atoms with van der Waals surface area (Å²) in [6, 6.07) is 5.73. The van der Waals surface area contributed by atoms with E-state index in [0.717, 1.165) is 24.1 Å². The van der Waals surface area contributed by atoms with Gasteiger partial charge in [0.15, 0.2) is 0 Å². The molecule has 0 saturated carbocycles. The number of fused-ring (bicyclic) bond motifs is 3. The fraction of sp³-hybridized carbons (Fsp3) is 0.444. The number of nitro groups is 1. The van der Waals surface area contributed by atoms with Crippen LogP contribution in [0.3, 0.4) is 0 Å². The maximum absolute atomic E-state index is 11.1. The van der Waals surface area contributed by atoms with E-state index < -0.39 is 0 Å². The first kappa shape index (κ1) is 13.6. The number of anilines is 1. The molecule has 0 spiro atoms. The Hall–Kier alpha value is -2.10. The van der Waals surface area contributed by atoms with Crippen LogP contribution in [-0.4, -0.2) is 11.0 Å². The van der Waals surface area contributed by atoms with E-state index in [1.165, 1.54) is 12.8 Å². The zero-order valence-electron chi connectivity index (χ0n) is 12.4. The average molecular weight is 296 g/mol. The molecule has 1 aromatic carbocycles. The molecule has 4 heteroatoms. The average Bonchev–Trinajstić information content (AvgIpc) is 3.04. The molecule has 3 aliphatic rings. The van der Waals surface area contributed by atoms with Crippen molar-refractivity contribution >= 4 is 11.4 Å². The molecule has 0 radical (unpaired) electrons. The molecule has 0 unspecified atom stereocenters. The van der Waals surface area contributed by atoms with Crippen LogP contribution < -0.4 is 5.32 Å². The third kappa shape index (κ3) is 2.14. The summed E-state index contributed by atoms with van der Waals surface area (Å²) in [7, 11) is 0. The second kappa shape index (κ2) is 5.27. The lowest BCUT2D eigenvalue weighted by Gasteiger charge is -2.41. The van der Waals surface area contributed by atoms with E-state index in [-0.39, 0.29) is 10.6 Å². The van der Waals surface area contributed by atoms with Gasteiger partial charge in [0.2, 0.25) is 0 Å². The van der Waals surface area contributed by atoms with Crippen molar-refractivity contribution in [3.63, 3.8) is 0 Å². The molecule has 1 aromatic rings. The maximum Gasteiger partial charge on any atom is 0.269 e. The fourth-order valence-electron chi connectivity index (χ4n) is 4.34. The summed E-state index contributed by atoms with van der Waals surface area (Å²) in [5, 5.41) is 14.8. The highest BCUT2D eigenvalue weighted by Gasteiger charge is 2.40. The quantitative estimate of drug-likeness (QED) is 0.500. The van der Waals surface area contributed by atoms with Gasteiger partial charge in [0, 0.05) is 29.8 Å². The number of benzene rings is 1. The molecule has 4 rings (SSSR count). The van der Waals surface area contributed by atoms with Crippen LogP contribution in [0.5, 0.6) is 0 Å². The number of allylic oxidation sites excluding steroid dienone is 4. The molecule has 4 nitrogen and oxygen atoms in total. The Morgan fingerprint density at radius 3 is 2.86 bits per heavy atom. The van der Waals surface area contributed by atoms with E-state index in [9.17, 15) is 10.1 Å². The van der Waals surface area contributed by atoms with Crippen molar-refractivity contribution in [2.45, 2.75) is 37.6 Å². The third-order valence-electron chi connectivity index (χ3n) is 5.42. The molecule has 1 heterocycles. The Kier molecular flexibility index (Phi) is 3.25. The summed E-state index contributed by atoms with van der Waals surface area (Å²) < 4.78 is 0. The van der Waals surface area contributed by atoms with Crippen molar-refractivity contribution in [2.24, 2.45) is 11.8 Å². The van der Waals surface area contributed by atoms with Gasteiger partial charge in [-0.3, -0.25) is 10.1 Å². The van der Waals surface area contributed by atoms with Gasteiger partial charge >= 0.3 is 0 Å². The van der Waals surface area contributed by atoms with Crippen molar-refractivity contribution in [3.8, 4) is 0 Å². The molecule has 2 aliphatic carbocycles. The number of non-ortho nitro benzene ring substituents is 1. The summed E-state index contributed by atoms with van der Waals surface area (Å²) >= 11 is 0. The monoisotopic (exact) mass is 296 g/mol. The molecule has 114 valence electrons.